The van der Waals surface area contributed by atoms with Crippen molar-refractivity contribution in [3.63, 3.8) is 0 Å². The van der Waals surface area contributed by atoms with Gasteiger partial charge >= 0.3 is 5.97 Å². The summed E-state index contributed by atoms with van der Waals surface area (Å²) in [6, 6.07) is 2.71. The van der Waals surface area contributed by atoms with E-state index in [1.54, 1.807) is 0 Å². The maximum absolute atomic E-state index is 13.1. The van der Waals surface area contributed by atoms with Crippen molar-refractivity contribution in [3.05, 3.63) is 29.8 Å². The van der Waals surface area contributed by atoms with Gasteiger partial charge in [-0.2, -0.15) is 0 Å². The predicted octanol–water partition coefficient (Wildman–Crippen LogP) is 1.79. The van der Waals surface area contributed by atoms with Crippen LogP contribution in [-0.4, -0.2) is 23.5 Å². The number of amides is 1. The number of carboxylic acid groups (broad SMARTS) is 1. The molecule has 6 heteroatoms. The molecule has 0 bridgehead atoms. The molecule has 0 radical (unpaired) electrons. The number of hydrogen-bond acceptors (Lipinski definition) is 2. The second-order valence-electron chi connectivity index (χ2n) is 4.65. The van der Waals surface area contributed by atoms with Crippen molar-refractivity contribution in [2.45, 2.75) is 13.3 Å². The molecule has 1 amide bonds. The molecule has 1 aromatic carbocycles. The van der Waals surface area contributed by atoms with Gasteiger partial charge < -0.3 is 10.0 Å². The number of hydrogen-bond donors (Lipinski definition) is 1. The Morgan fingerprint density at radius 3 is 2.33 bits per heavy atom. The second kappa shape index (κ2) is 4.04. The largest absolute Gasteiger partial charge is 0.481 e. The van der Waals surface area contributed by atoms with Crippen molar-refractivity contribution in [3.8, 4) is 0 Å². The molecule has 1 heterocycles. The van der Waals surface area contributed by atoms with Crippen molar-refractivity contribution in [2.75, 3.05) is 11.4 Å². The third-order valence-electron chi connectivity index (χ3n) is 3.02. The topological polar surface area (TPSA) is 57.6 Å². The van der Waals surface area contributed by atoms with Gasteiger partial charge in [-0.05, 0) is 19.1 Å². The normalized spacial score (nSPS) is 23.5. The average Bonchev–Trinajstić information content (AvgIpc) is 2.54. The summed E-state index contributed by atoms with van der Waals surface area (Å²) in [6.45, 7) is 1.34. The summed E-state index contributed by atoms with van der Waals surface area (Å²) < 4.78 is 26.1. The van der Waals surface area contributed by atoms with Gasteiger partial charge in [-0.1, -0.05) is 0 Å². The van der Waals surface area contributed by atoms with Crippen molar-refractivity contribution >= 4 is 17.6 Å². The first-order valence-corrected chi connectivity index (χ1v) is 5.32. The molecule has 1 saturated heterocycles. The second-order valence-corrected chi connectivity index (χ2v) is 4.65. The van der Waals surface area contributed by atoms with E-state index in [2.05, 4.69) is 0 Å². The Morgan fingerprint density at radius 2 is 1.89 bits per heavy atom. The summed E-state index contributed by atoms with van der Waals surface area (Å²) in [5.41, 5.74) is -1.18. The minimum Gasteiger partial charge on any atom is -0.481 e. The smallest absolute Gasteiger partial charge is 0.311 e. The van der Waals surface area contributed by atoms with Crippen molar-refractivity contribution < 1.29 is 23.5 Å². The molecule has 1 aliphatic rings. The molecule has 96 valence electrons. The fourth-order valence-corrected chi connectivity index (χ4v) is 2.00. The summed E-state index contributed by atoms with van der Waals surface area (Å²) in [5.74, 6) is -3.16. The molecule has 0 saturated carbocycles. The Kier molecular flexibility index (Phi) is 2.80. The first kappa shape index (κ1) is 12.5. The van der Waals surface area contributed by atoms with Gasteiger partial charge in [0.1, 0.15) is 11.6 Å². The van der Waals surface area contributed by atoms with Crippen LogP contribution in [-0.2, 0) is 9.59 Å². The Balaban J connectivity index is 2.35. The zero-order valence-corrected chi connectivity index (χ0v) is 9.61. The molecular weight excluding hydrogens is 244 g/mol. The fourth-order valence-electron chi connectivity index (χ4n) is 2.00. The number of carbonyl (C=O) groups is 2. The van der Waals surface area contributed by atoms with E-state index in [0.717, 1.165) is 17.0 Å². The number of anilines is 1. The van der Waals surface area contributed by atoms with Crippen LogP contribution in [0.3, 0.4) is 0 Å². The van der Waals surface area contributed by atoms with Gasteiger partial charge in [0, 0.05) is 24.7 Å². The number of nitrogens with zero attached hydrogens (tertiary/aromatic N) is 1. The molecule has 1 fully saturated rings. The van der Waals surface area contributed by atoms with E-state index >= 15 is 0 Å². The molecule has 18 heavy (non-hydrogen) atoms. The molecular formula is C12H11F2NO3. The van der Waals surface area contributed by atoms with E-state index in [1.807, 2.05) is 0 Å². The Hall–Kier alpha value is -1.98. The van der Waals surface area contributed by atoms with Crippen LogP contribution in [0, 0.1) is 17.0 Å². The lowest BCUT2D eigenvalue weighted by Gasteiger charge is -2.20. The van der Waals surface area contributed by atoms with E-state index in [0.29, 0.717) is 6.07 Å². The summed E-state index contributed by atoms with van der Waals surface area (Å²) in [4.78, 5) is 23.9. The molecule has 0 aliphatic carbocycles. The van der Waals surface area contributed by atoms with E-state index in [1.165, 1.54) is 6.92 Å². The summed E-state index contributed by atoms with van der Waals surface area (Å²) >= 11 is 0. The zero-order valence-electron chi connectivity index (χ0n) is 9.61. The summed E-state index contributed by atoms with van der Waals surface area (Å²) in [5, 5.41) is 9.04. The highest BCUT2D eigenvalue weighted by atomic mass is 19.1. The number of halogens is 2. The van der Waals surface area contributed by atoms with Crippen molar-refractivity contribution in [2.24, 2.45) is 5.41 Å². The van der Waals surface area contributed by atoms with Gasteiger partial charge in [0.05, 0.1) is 5.41 Å². The lowest BCUT2D eigenvalue weighted by atomic mass is 9.90. The highest BCUT2D eigenvalue weighted by molar-refractivity contribution is 6.00. The molecule has 0 aromatic heterocycles. The first-order valence-electron chi connectivity index (χ1n) is 5.32. The first-order chi connectivity index (χ1) is 8.32. The molecule has 0 spiro atoms. The predicted molar refractivity (Wildman–Crippen MR) is 59.1 cm³/mol. The van der Waals surface area contributed by atoms with Crippen LogP contribution < -0.4 is 4.90 Å². The molecule has 1 N–H and O–H groups in total. The summed E-state index contributed by atoms with van der Waals surface area (Å²) in [7, 11) is 0. The number of rotatable bonds is 2. The standard InChI is InChI=1S/C12H11F2NO3/c1-12(11(17)18)5-10(16)15(6-12)9-3-7(13)2-8(14)4-9/h2-4H,5-6H2,1H3,(H,17,18). The minimum absolute atomic E-state index is 0.0440. The van der Waals surface area contributed by atoms with Gasteiger partial charge in [0.15, 0.2) is 0 Å². The number of carboxylic acids is 1. The van der Waals surface area contributed by atoms with Gasteiger partial charge in [0.2, 0.25) is 5.91 Å². The van der Waals surface area contributed by atoms with Crippen molar-refractivity contribution in [1.82, 2.24) is 0 Å². The van der Waals surface area contributed by atoms with Crippen LogP contribution >= 0.6 is 0 Å². The Labute approximate surface area is 102 Å². The highest BCUT2D eigenvalue weighted by Gasteiger charge is 2.45. The summed E-state index contributed by atoms with van der Waals surface area (Å²) in [6.07, 6.45) is -0.180. The minimum atomic E-state index is -1.22. The monoisotopic (exact) mass is 255 g/mol. The van der Waals surface area contributed by atoms with Gasteiger partial charge in [-0.25, -0.2) is 8.78 Å². The van der Waals surface area contributed by atoms with E-state index in [9.17, 15) is 18.4 Å². The average molecular weight is 255 g/mol. The number of carbonyl (C=O) groups excluding carboxylic acids is 1. The number of aliphatic carboxylic acids is 1. The van der Waals surface area contributed by atoms with E-state index in [-0.39, 0.29) is 18.7 Å². The van der Waals surface area contributed by atoms with Crippen molar-refractivity contribution in [1.29, 1.82) is 0 Å². The Morgan fingerprint density at radius 1 is 1.33 bits per heavy atom. The lowest BCUT2D eigenvalue weighted by Crippen LogP contribution is -2.32. The maximum Gasteiger partial charge on any atom is 0.311 e. The quantitative estimate of drug-likeness (QED) is 0.876. The molecule has 1 atom stereocenters. The van der Waals surface area contributed by atoms with Crippen LogP contribution in [0.5, 0.6) is 0 Å². The molecule has 1 aliphatic heterocycles. The number of benzene rings is 1. The van der Waals surface area contributed by atoms with Gasteiger partial charge in [-0.15, -0.1) is 0 Å². The Bertz CT molecular complexity index is 512. The zero-order chi connectivity index (χ0) is 13.5. The molecule has 2 rings (SSSR count). The van der Waals surface area contributed by atoms with Crippen LogP contribution in [0.4, 0.5) is 14.5 Å². The van der Waals surface area contributed by atoms with Crippen LogP contribution in [0.1, 0.15) is 13.3 Å². The highest BCUT2D eigenvalue weighted by Crippen LogP contribution is 2.34. The molecule has 4 nitrogen and oxygen atoms in total. The third-order valence-corrected chi connectivity index (χ3v) is 3.02. The SMILES string of the molecule is CC1(C(=O)O)CC(=O)N(c2cc(F)cc(F)c2)C1. The molecule has 1 aromatic rings. The fraction of sp³-hybridized carbons (Fsp3) is 0.333. The third kappa shape index (κ3) is 2.05. The van der Waals surface area contributed by atoms with Gasteiger partial charge in [0.25, 0.3) is 0 Å². The van der Waals surface area contributed by atoms with Gasteiger partial charge in [-0.3, -0.25) is 9.59 Å². The van der Waals surface area contributed by atoms with Crippen LogP contribution in [0.2, 0.25) is 0 Å². The maximum atomic E-state index is 13.1. The lowest BCUT2D eigenvalue weighted by molar-refractivity contribution is -0.147. The van der Waals surface area contributed by atoms with E-state index in [4.69, 9.17) is 5.11 Å². The molecule has 1 unspecified atom stereocenters. The van der Waals surface area contributed by atoms with Crippen LogP contribution in [0.15, 0.2) is 18.2 Å². The van der Waals surface area contributed by atoms with Crippen LogP contribution in [0.25, 0.3) is 0 Å². The van der Waals surface area contributed by atoms with E-state index < -0.39 is 28.9 Å².